The number of esters is 1. The Hall–Kier alpha value is -0.0900. The summed E-state index contributed by atoms with van der Waals surface area (Å²) in [4.78, 5) is 12.1. The predicted octanol–water partition coefficient (Wildman–Crippen LogP) is 4.04. The van der Waals surface area contributed by atoms with E-state index >= 15 is 0 Å². The van der Waals surface area contributed by atoms with Crippen LogP contribution in [0, 0.1) is 0 Å². The number of thioether (sulfide) groups is 1. The van der Waals surface area contributed by atoms with Crippen LogP contribution in [0.5, 0.6) is 0 Å². The smallest absolute Gasteiger partial charge is 0.340 e. The van der Waals surface area contributed by atoms with Gasteiger partial charge in [0.15, 0.2) is 0 Å². The van der Waals surface area contributed by atoms with Gasteiger partial charge in [-0.1, -0.05) is 34.8 Å². The minimum Gasteiger partial charge on any atom is -0.457 e. The van der Waals surface area contributed by atoms with E-state index in [1.54, 1.807) is 0 Å². The molecular weight excluding hydrogens is 279 g/mol. The molecule has 0 spiro atoms. The molecule has 0 radical (unpaired) electrons. The summed E-state index contributed by atoms with van der Waals surface area (Å²) in [5, 5.41) is 0.895. The van der Waals surface area contributed by atoms with Crippen molar-refractivity contribution in [1.29, 1.82) is 0 Å². The highest BCUT2D eigenvalue weighted by Crippen LogP contribution is 2.45. The molecule has 0 amide bonds. The number of halogens is 3. The summed E-state index contributed by atoms with van der Waals surface area (Å²) in [6.07, 6.45) is 1.82. The van der Waals surface area contributed by atoms with Gasteiger partial charge in [-0.2, -0.15) is 0 Å². The minimum absolute atomic E-state index is 0.164. The van der Waals surface area contributed by atoms with Crippen LogP contribution in [-0.2, 0) is 11.3 Å². The van der Waals surface area contributed by atoms with Crippen LogP contribution >= 0.6 is 46.6 Å². The van der Waals surface area contributed by atoms with E-state index in [-0.39, 0.29) is 11.6 Å². The zero-order valence-corrected chi connectivity index (χ0v) is 10.7. The Bertz CT molecular complexity index is 459. The molecule has 1 aromatic rings. The number of carbonyl (C=O) groups is 1. The van der Waals surface area contributed by atoms with Gasteiger partial charge in [0.1, 0.15) is 6.61 Å². The monoisotopic (exact) mass is 282 g/mol. The summed E-state index contributed by atoms with van der Waals surface area (Å²) < 4.78 is 4.90. The maximum Gasteiger partial charge on any atom is 0.340 e. The third kappa shape index (κ3) is 1.62. The third-order valence-electron chi connectivity index (χ3n) is 2.13. The summed E-state index contributed by atoms with van der Waals surface area (Å²) in [6, 6.07) is 0. The fourth-order valence-corrected chi connectivity index (χ4v) is 3.11. The van der Waals surface area contributed by atoms with Crippen LogP contribution < -0.4 is 0 Å². The lowest BCUT2D eigenvalue weighted by molar-refractivity contribution is 0.0532. The van der Waals surface area contributed by atoms with Crippen molar-refractivity contribution in [2.45, 2.75) is 11.5 Å². The fourth-order valence-electron chi connectivity index (χ4n) is 1.44. The van der Waals surface area contributed by atoms with E-state index in [0.717, 1.165) is 0 Å². The largest absolute Gasteiger partial charge is 0.457 e. The second-order valence-electron chi connectivity index (χ2n) is 2.90. The van der Waals surface area contributed by atoms with E-state index < -0.39 is 5.97 Å². The summed E-state index contributed by atoms with van der Waals surface area (Å²) in [5.74, 6) is -0.394. The van der Waals surface area contributed by atoms with E-state index in [0.29, 0.717) is 26.1 Å². The van der Waals surface area contributed by atoms with Crippen LogP contribution in [0.25, 0.3) is 0 Å². The molecule has 0 fully saturated rings. The Labute approximate surface area is 106 Å². The number of hydrogen-bond donors (Lipinski definition) is 0. The summed E-state index contributed by atoms with van der Waals surface area (Å²) in [5.41, 5.74) is 1.07. The Balaban J connectivity index is 2.82. The van der Waals surface area contributed by atoms with E-state index in [1.807, 2.05) is 6.26 Å². The second kappa shape index (κ2) is 4.06. The molecule has 0 unspecified atom stereocenters. The first-order chi connectivity index (χ1) is 7.07. The van der Waals surface area contributed by atoms with Crippen molar-refractivity contribution < 1.29 is 9.53 Å². The van der Waals surface area contributed by atoms with Crippen LogP contribution in [0.4, 0.5) is 0 Å². The van der Waals surface area contributed by atoms with Gasteiger partial charge in [0.25, 0.3) is 0 Å². The Morgan fingerprint density at radius 1 is 1.20 bits per heavy atom. The SMILES string of the molecule is CSc1c(Cl)c(Cl)c(Cl)c2c1C(=O)OC2. The molecule has 1 heterocycles. The van der Waals surface area contributed by atoms with Crippen LogP contribution in [-0.4, -0.2) is 12.2 Å². The highest BCUT2D eigenvalue weighted by molar-refractivity contribution is 7.98. The van der Waals surface area contributed by atoms with Crippen LogP contribution in [0.1, 0.15) is 15.9 Å². The van der Waals surface area contributed by atoms with Gasteiger partial charge < -0.3 is 4.74 Å². The van der Waals surface area contributed by atoms with Gasteiger partial charge >= 0.3 is 5.97 Å². The van der Waals surface area contributed by atoms with Gasteiger partial charge in [0, 0.05) is 10.5 Å². The van der Waals surface area contributed by atoms with Crippen molar-refractivity contribution in [2.75, 3.05) is 6.26 Å². The molecular formula is C9H5Cl3O2S. The standard InChI is InChI=1S/C9H5Cl3O2S/c1-15-8-4-3(2-14-9(4)13)5(10)6(11)7(8)12/h2H2,1H3. The maximum absolute atomic E-state index is 11.5. The number of fused-ring (bicyclic) bond motifs is 1. The molecule has 0 atom stereocenters. The number of hydrogen-bond acceptors (Lipinski definition) is 3. The minimum atomic E-state index is -0.394. The molecule has 0 aromatic heterocycles. The lowest BCUT2D eigenvalue weighted by Crippen LogP contribution is -1.98. The van der Waals surface area contributed by atoms with Gasteiger partial charge in [0.05, 0.1) is 20.6 Å². The number of benzene rings is 1. The van der Waals surface area contributed by atoms with E-state index in [4.69, 9.17) is 39.5 Å². The van der Waals surface area contributed by atoms with Crippen molar-refractivity contribution in [3.63, 3.8) is 0 Å². The Morgan fingerprint density at radius 2 is 1.87 bits per heavy atom. The molecule has 0 saturated carbocycles. The fraction of sp³-hybridized carbons (Fsp3) is 0.222. The van der Waals surface area contributed by atoms with E-state index in [9.17, 15) is 4.79 Å². The molecule has 2 nitrogen and oxygen atoms in total. The van der Waals surface area contributed by atoms with Crippen molar-refractivity contribution in [1.82, 2.24) is 0 Å². The zero-order valence-electron chi connectivity index (χ0n) is 7.57. The first kappa shape index (κ1) is 11.4. The molecule has 1 aliphatic rings. The van der Waals surface area contributed by atoms with E-state index in [1.165, 1.54) is 11.8 Å². The molecule has 1 aromatic carbocycles. The first-order valence-electron chi connectivity index (χ1n) is 3.98. The third-order valence-corrected chi connectivity index (χ3v) is 4.43. The summed E-state index contributed by atoms with van der Waals surface area (Å²) >= 11 is 19.3. The van der Waals surface area contributed by atoms with E-state index in [2.05, 4.69) is 0 Å². The highest BCUT2D eigenvalue weighted by atomic mass is 35.5. The number of rotatable bonds is 1. The second-order valence-corrected chi connectivity index (χ2v) is 4.86. The van der Waals surface area contributed by atoms with Crippen molar-refractivity contribution in [2.24, 2.45) is 0 Å². The molecule has 15 heavy (non-hydrogen) atoms. The average molecular weight is 284 g/mol. The van der Waals surface area contributed by atoms with Crippen molar-refractivity contribution in [3.8, 4) is 0 Å². The van der Waals surface area contributed by atoms with Gasteiger partial charge in [-0.25, -0.2) is 4.79 Å². The molecule has 6 heteroatoms. The molecule has 0 N–H and O–H groups in total. The van der Waals surface area contributed by atoms with Gasteiger partial charge in [-0.15, -0.1) is 11.8 Å². The van der Waals surface area contributed by atoms with Crippen molar-refractivity contribution >= 4 is 52.5 Å². The maximum atomic E-state index is 11.5. The number of ether oxygens (including phenoxy) is 1. The topological polar surface area (TPSA) is 26.3 Å². The first-order valence-corrected chi connectivity index (χ1v) is 6.34. The number of cyclic esters (lactones) is 1. The molecule has 0 aliphatic carbocycles. The Morgan fingerprint density at radius 3 is 2.47 bits per heavy atom. The average Bonchev–Trinajstić information content (AvgIpc) is 2.59. The lowest BCUT2D eigenvalue weighted by Gasteiger charge is -2.09. The Kier molecular flexibility index (Phi) is 3.08. The normalized spacial score (nSPS) is 14.0. The van der Waals surface area contributed by atoms with Crippen LogP contribution in [0.3, 0.4) is 0 Å². The van der Waals surface area contributed by atoms with Gasteiger partial charge in [-0.3, -0.25) is 0 Å². The number of carbonyl (C=O) groups excluding carboxylic acids is 1. The molecule has 80 valence electrons. The molecule has 0 saturated heterocycles. The highest BCUT2D eigenvalue weighted by Gasteiger charge is 2.31. The molecule has 1 aliphatic heterocycles. The lowest BCUT2D eigenvalue weighted by atomic mass is 10.1. The summed E-state index contributed by atoms with van der Waals surface area (Å²) in [7, 11) is 0. The quantitative estimate of drug-likeness (QED) is 0.442. The summed E-state index contributed by atoms with van der Waals surface area (Å²) in [6.45, 7) is 0.164. The van der Waals surface area contributed by atoms with Crippen molar-refractivity contribution in [3.05, 3.63) is 26.2 Å². The van der Waals surface area contributed by atoms with Crippen LogP contribution in [0.15, 0.2) is 4.90 Å². The zero-order chi connectivity index (χ0) is 11.2. The van der Waals surface area contributed by atoms with Gasteiger partial charge in [-0.05, 0) is 6.26 Å². The van der Waals surface area contributed by atoms with Crippen LogP contribution in [0.2, 0.25) is 15.1 Å². The van der Waals surface area contributed by atoms with Gasteiger partial charge in [0.2, 0.25) is 0 Å². The predicted molar refractivity (Wildman–Crippen MR) is 62.4 cm³/mol. The molecule has 2 rings (SSSR count). The molecule has 0 bridgehead atoms.